The molecule has 1 saturated carbocycles. The highest BCUT2D eigenvalue weighted by atomic mass is 16.5. The number of nitrogens with zero attached hydrogens (tertiary/aromatic N) is 2. The number of carbonyl (C=O) groups is 5. The van der Waals surface area contributed by atoms with Gasteiger partial charge in [-0.1, -0.05) is 47.6 Å². The normalized spacial score (nSPS) is 22.4. The largest absolute Gasteiger partial charge is 0.496 e. The van der Waals surface area contributed by atoms with Gasteiger partial charge >= 0.3 is 18.0 Å². The third-order valence-corrected chi connectivity index (χ3v) is 10.1. The molecule has 284 valence electrons. The number of pyridine rings is 1. The Morgan fingerprint density at radius 1 is 1.00 bits per heavy atom. The Balaban J connectivity index is 1.73. The van der Waals surface area contributed by atoms with Crippen LogP contribution in [0.2, 0.25) is 0 Å². The van der Waals surface area contributed by atoms with Crippen molar-refractivity contribution >= 4 is 40.7 Å². The molecule has 0 unspecified atom stereocenters. The van der Waals surface area contributed by atoms with Gasteiger partial charge in [0.15, 0.2) is 5.69 Å². The molecule has 2 heterocycles. The van der Waals surface area contributed by atoms with E-state index in [1.807, 2.05) is 48.5 Å². The van der Waals surface area contributed by atoms with E-state index in [-0.39, 0.29) is 41.8 Å². The topological polar surface area (TPSA) is 174 Å². The number of methoxy groups -OCH3 is 3. The van der Waals surface area contributed by atoms with Gasteiger partial charge in [0.2, 0.25) is 11.8 Å². The highest BCUT2D eigenvalue weighted by molar-refractivity contribution is 5.98. The van der Waals surface area contributed by atoms with Crippen LogP contribution in [0.3, 0.4) is 0 Å². The van der Waals surface area contributed by atoms with Gasteiger partial charge in [0.25, 0.3) is 0 Å². The van der Waals surface area contributed by atoms with Crippen molar-refractivity contribution in [2.24, 2.45) is 16.7 Å². The van der Waals surface area contributed by atoms with E-state index in [1.54, 1.807) is 25.1 Å². The number of urea groups is 1. The average molecular weight is 724 g/mol. The Hall–Kier alpha value is -4.88. The minimum atomic E-state index is -1.31. The highest BCUT2D eigenvalue weighted by Gasteiger charge is 2.62. The highest BCUT2D eigenvalue weighted by Crippen LogP contribution is 2.46. The summed E-state index contributed by atoms with van der Waals surface area (Å²) in [7, 11) is 4.02. The summed E-state index contributed by atoms with van der Waals surface area (Å²) in [4.78, 5) is 73.5. The molecule has 2 fully saturated rings. The van der Waals surface area contributed by atoms with E-state index in [9.17, 15) is 24.0 Å². The number of fused-ring (bicyclic) bond motifs is 1. The van der Waals surface area contributed by atoms with E-state index in [0.29, 0.717) is 28.6 Å². The van der Waals surface area contributed by atoms with Gasteiger partial charge in [0, 0.05) is 35.4 Å². The van der Waals surface area contributed by atoms with Crippen LogP contribution in [0, 0.1) is 23.7 Å². The fraction of sp³-hybridized carbons (Fsp3) is 0.579. The lowest BCUT2D eigenvalue weighted by Crippen LogP contribution is -2.61. The Morgan fingerprint density at radius 3 is 2.21 bits per heavy atom. The third kappa shape index (κ3) is 8.10. The molecular weight excluding hydrogens is 670 g/mol. The maximum atomic E-state index is 14.6. The molecule has 3 N–H and O–H groups in total. The summed E-state index contributed by atoms with van der Waals surface area (Å²) in [6.07, 6.45) is 1.17. The molecule has 1 aliphatic carbocycles. The Morgan fingerprint density at radius 2 is 1.67 bits per heavy atom. The number of benzene rings is 1. The Kier molecular flexibility index (Phi) is 11.5. The first-order chi connectivity index (χ1) is 24.2. The van der Waals surface area contributed by atoms with Crippen molar-refractivity contribution in [2.45, 2.75) is 98.0 Å². The van der Waals surface area contributed by atoms with Crippen molar-refractivity contribution in [2.75, 3.05) is 27.9 Å². The molecule has 52 heavy (non-hydrogen) atoms. The molecule has 0 spiro atoms. The van der Waals surface area contributed by atoms with Crippen LogP contribution in [0.1, 0.15) is 77.4 Å². The maximum absolute atomic E-state index is 14.6. The van der Waals surface area contributed by atoms with E-state index in [0.717, 1.165) is 0 Å². The van der Waals surface area contributed by atoms with Crippen LogP contribution in [0.15, 0.2) is 30.9 Å². The fourth-order valence-corrected chi connectivity index (χ4v) is 6.35. The van der Waals surface area contributed by atoms with Crippen LogP contribution in [0.4, 0.5) is 4.79 Å². The molecule has 1 saturated heterocycles. The van der Waals surface area contributed by atoms with Gasteiger partial charge in [-0.05, 0) is 43.2 Å². The number of rotatable bonds is 11. The first-order valence-electron chi connectivity index (χ1n) is 17.4. The third-order valence-electron chi connectivity index (χ3n) is 10.1. The molecule has 1 aliphatic heterocycles. The molecule has 4 rings (SSSR count). The quantitative estimate of drug-likeness (QED) is 0.227. The Labute approximate surface area is 305 Å². The van der Waals surface area contributed by atoms with Crippen molar-refractivity contribution in [1.82, 2.24) is 25.8 Å². The van der Waals surface area contributed by atoms with Crippen molar-refractivity contribution in [3.05, 3.63) is 42.1 Å². The van der Waals surface area contributed by atoms with Crippen LogP contribution >= 0.6 is 0 Å². The van der Waals surface area contributed by atoms with Crippen LogP contribution < -0.4 is 25.4 Å². The van der Waals surface area contributed by atoms with Crippen molar-refractivity contribution in [3.8, 4) is 11.5 Å². The summed E-state index contributed by atoms with van der Waals surface area (Å²) in [6, 6.07) is 2.09. The lowest BCUT2D eigenvalue weighted by molar-refractivity contribution is -0.148. The molecule has 2 aliphatic rings. The lowest BCUT2D eigenvalue weighted by atomic mass is 9.85. The van der Waals surface area contributed by atoms with Crippen LogP contribution in [0.25, 0.3) is 10.9 Å². The predicted octanol–water partition coefficient (Wildman–Crippen LogP) is 4.07. The minimum Gasteiger partial charge on any atom is -0.496 e. The molecule has 0 bridgehead atoms. The van der Waals surface area contributed by atoms with Crippen molar-refractivity contribution in [3.63, 3.8) is 0 Å². The summed E-state index contributed by atoms with van der Waals surface area (Å²) in [5.41, 5.74) is -1.20. The van der Waals surface area contributed by atoms with E-state index in [1.165, 1.54) is 32.3 Å². The molecule has 1 aromatic carbocycles. The second kappa shape index (κ2) is 15.0. The van der Waals surface area contributed by atoms with E-state index >= 15 is 0 Å². The summed E-state index contributed by atoms with van der Waals surface area (Å²) in [5.74, 6) is -1.88. The van der Waals surface area contributed by atoms with Gasteiger partial charge in [-0.2, -0.15) is 0 Å². The zero-order chi connectivity index (χ0) is 38.9. The number of carbonyl (C=O) groups excluding carboxylic acids is 5. The zero-order valence-corrected chi connectivity index (χ0v) is 32.1. The molecule has 1 aromatic heterocycles. The van der Waals surface area contributed by atoms with Crippen molar-refractivity contribution < 1.29 is 42.9 Å². The second-order valence-electron chi connectivity index (χ2n) is 15.8. The number of aryl methyl sites for hydroxylation is 1. The molecule has 6 atom stereocenters. The molecule has 0 radical (unpaired) electrons. The van der Waals surface area contributed by atoms with Crippen LogP contribution in [-0.2, 0) is 23.9 Å². The number of amides is 4. The molecule has 14 heteroatoms. The second-order valence-corrected chi connectivity index (χ2v) is 15.8. The lowest BCUT2D eigenvalue weighted by Gasteiger charge is -2.36. The van der Waals surface area contributed by atoms with Gasteiger partial charge in [0.1, 0.15) is 35.2 Å². The van der Waals surface area contributed by atoms with E-state index < -0.39 is 58.9 Å². The van der Waals surface area contributed by atoms with Crippen LogP contribution in [0.5, 0.6) is 11.5 Å². The van der Waals surface area contributed by atoms with Crippen molar-refractivity contribution in [1.29, 1.82) is 0 Å². The first kappa shape index (κ1) is 39.9. The van der Waals surface area contributed by atoms with E-state index in [2.05, 4.69) is 27.5 Å². The molecule has 4 amide bonds. The minimum absolute atomic E-state index is 0.00158. The number of ether oxygens (including phenoxy) is 4. The smallest absolute Gasteiger partial charge is 0.356 e. The van der Waals surface area contributed by atoms with Gasteiger partial charge in [-0.15, -0.1) is 6.58 Å². The summed E-state index contributed by atoms with van der Waals surface area (Å²) >= 11 is 0. The standard InChI is InChI=1S/C38H53N5O9/c1-13-22-18-38(22,34(47)51-12)42-31(44)26-16-23(19-43(26)32(45)30(37(7,8)9)41-35(48)39-21(3)36(4,5)6)52-28-17-25(33(46)50-11)40-29-20(2)27(49-10)15-14-24(28)29/h13-15,17,21-23,26,30H,1,16,18-19H2,2-12H3,(H,42,44)(H2,39,41,48)/t21-,22-,23-,26+,30-,38-/m1/s1. The maximum Gasteiger partial charge on any atom is 0.356 e. The molecule has 14 nitrogen and oxygen atoms in total. The predicted molar refractivity (Wildman–Crippen MR) is 194 cm³/mol. The SMILES string of the molecule is C=C[C@@H]1C[C@]1(NC(=O)[C@@H]1C[C@@H](Oc2cc(C(=O)OC)nc3c(C)c(OC)ccc23)CN1C(=O)[C@@H](NC(=O)N[C@H](C)C(C)(C)C)C(C)(C)C)C(=O)OC. The summed E-state index contributed by atoms with van der Waals surface area (Å²) in [5, 5.41) is 9.21. The monoisotopic (exact) mass is 723 g/mol. The summed E-state index contributed by atoms with van der Waals surface area (Å²) < 4.78 is 22.0. The summed E-state index contributed by atoms with van der Waals surface area (Å²) in [6.45, 7) is 18.9. The number of nitrogens with one attached hydrogen (secondary N) is 3. The van der Waals surface area contributed by atoms with Gasteiger partial charge in [0.05, 0.1) is 33.4 Å². The fourth-order valence-electron chi connectivity index (χ4n) is 6.35. The van der Waals surface area contributed by atoms with E-state index in [4.69, 9.17) is 18.9 Å². The zero-order valence-electron chi connectivity index (χ0n) is 32.1. The van der Waals surface area contributed by atoms with Crippen LogP contribution in [-0.4, -0.2) is 97.3 Å². The van der Waals surface area contributed by atoms with Gasteiger partial charge in [-0.3, -0.25) is 9.59 Å². The molecular formula is C38H53N5O9. The average Bonchev–Trinajstić information content (AvgIpc) is 3.63. The first-order valence-corrected chi connectivity index (χ1v) is 17.4. The van der Waals surface area contributed by atoms with Gasteiger partial charge in [-0.25, -0.2) is 19.4 Å². The number of esters is 2. The number of hydrogen-bond acceptors (Lipinski definition) is 10. The molecule has 2 aromatic rings. The number of aromatic nitrogens is 1. The van der Waals surface area contributed by atoms with Gasteiger partial charge < -0.3 is 39.8 Å². The Bertz CT molecular complexity index is 1750. The number of hydrogen-bond donors (Lipinski definition) is 3. The number of likely N-dealkylation sites (tertiary alicyclic amines) is 1.